The van der Waals surface area contributed by atoms with Crippen molar-refractivity contribution in [1.82, 2.24) is 10.2 Å². The quantitative estimate of drug-likeness (QED) is 0.819. The monoisotopic (exact) mass is 282 g/mol. The number of likely N-dealkylation sites (tertiary alicyclic amines) is 1. The minimum absolute atomic E-state index is 0.0668. The molecule has 1 aliphatic rings. The molecule has 104 valence electrons. The number of nitrogens with zero attached hydrogens (tertiary/aromatic N) is 1. The van der Waals surface area contributed by atoms with Crippen molar-refractivity contribution in [3.8, 4) is 0 Å². The number of carboxylic acids is 1. The standard InChI is InChI=1S/C13H18N2O3S/c16-12(15-5-1-2-6-15)9-14-8-11-4-3-10(19-11)7-13(17)18/h3-4,14H,1-2,5-9H2,(H,17,18). The number of carbonyl (C=O) groups is 2. The molecule has 1 aromatic rings. The van der Waals surface area contributed by atoms with Crippen LogP contribution in [0.25, 0.3) is 0 Å². The summed E-state index contributed by atoms with van der Waals surface area (Å²) in [5.74, 6) is -0.662. The van der Waals surface area contributed by atoms with E-state index in [1.807, 2.05) is 17.0 Å². The van der Waals surface area contributed by atoms with Crippen molar-refractivity contribution >= 4 is 23.2 Å². The van der Waals surface area contributed by atoms with Crippen molar-refractivity contribution in [2.75, 3.05) is 19.6 Å². The molecule has 1 aliphatic heterocycles. The Bertz CT molecular complexity index is 452. The number of aliphatic carboxylic acids is 1. The predicted octanol–water partition coefficient (Wildman–Crippen LogP) is 1.09. The lowest BCUT2D eigenvalue weighted by Gasteiger charge is -2.15. The van der Waals surface area contributed by atoms with E-state index in [1.54, 1.807) is 0 Å². The van der Waals surface area contributed by atoms with Crippen LogP contribution in [0, 0.1) is 0 Å². The molecule has 0 bridgehead atoms. The zero-order chi connectivity index (χ0) is 13.7. The number of nitrogens with one attached hydrogen (secondary N) is 1. The van der Waals surface area contributed by atoms with Crippen LogP contribution in [-0.2, 0) is 22.6 Å². The maximum absolute atomic E-state index is 11.8. The molecule has 1 fully saturated rings. The van der Waals surface area contributed by atoms with Crippen LogP contribution in [0.3, 0.4) is 0 Å². The van der Waals surface area contributed by atoms with Crippen LogP contribution in [-0.4, -0.2) is 41.5 Å². The number of carboxylic acid groups (broad SMARTS) is 1. The van der Waals surface area contributed by atoms with Gasteiger partial charge in [0.05, 0.1) is 13.0 Å². The van der Waals surface area contributed by atoms with Crippen LogP contribution in [0.5, 0.6) is 0 Å². The van der Waals surface area contributed by atoms with E-state index in [0.29, 0.717) is 13.1 Å². The molecule has 2 N–H and O–H groups in total. The lowest BCUT2D eigenvalue weighted by molar-refractivity contribution is -0.136. The average Bonchev–Trinajstić information content (AvgIpc) is 2.99. The summed E-state index contributed by atoms with van der Waals surface area (Å²) in [6.45, 7) is 2.72. The highest BCUT2D eigenvalue weighted by atomic mass is 32.1. The lowest BCUT2D eigenvalue weighted by atomic mass is 10.3. The Morgan fingerprint density at radius 3 is 2.63 bits per heavy atom. The van der Waals surface area contributed by atoms with Crippen LogP contribution in [0.15, 0.2) is 12.1 Å². The zero-order valence-electron chi connectivity index (χ0n) is 10.7. The van der Waals surface area contributed by atoms with Gasteiger partial charge in [-0.2, -0.15) is 0 Å². The summed E-state index contributed by atoms with van der Waals surface area (Å²) in [6.07, 6.45) is 2.28. The SMILES string of the molecule is O=C(O)Cc1ccc(CNCC(=O)N2CCCC2)s1. The minimum Gasteiger partial charge on any atom is -0.481 e. The van der Waals surface area contributed by atoms with Gasteiger partial charge in [-0.1, -0.05) is 0 Å². The van der Waals surface area contributed by atoms with Crippen molar-refractivity contribution in [1.29, 1.82) is 0 Å². The first-order chi connectivity index (χ1) is 9.15. The van der Waals surface area contributed by atoms with Gasteiger partial charge in [-0.05, 0) is 25.0 Å². The van der Waals surface area contributed by atoms with E-state index >= 15 is 0 Å². The van der Waals surface area contributed by atoms with Crippen molar-refractivity contribution in [3.63, 3.8) is 0 Å². The van der Waals surface area contributed by atoms with E-state index in [9.17, 15) is 9.59 Å². The van der Waals surface area contributed by atoms with Crippen molar-refractivity contribution in [3.05, 3.63) is 21.9 Å². The third-order valence-corrected chi connectivity index (χ3v) is 4.16. The van der Waals surface area contributed by atoms with E-state index in [2.05, 4.69) is 5.32 Å². The number of amides is 1. The van der Waals surface area contributed by atoms with E-state index in [-0.39, 0.29) is 12.3 Å². The predicted molar refractivity (Wildman–Crippen MR) is 73.2 cm³/mol. The third kappa shape index (κ3) is 4.33. The number of thiophene rings is 1. The van der Waals surface area contributed by atoms with Gasteiger partial charge in [0, 0.05) is 29.4 Å². The Morgan fingerprint density at radius 1 is 1.26 bits per heavy atom. The fourth-order valence-electron chi connectivity index (χ4n) is 2.13. The van der Waals surface area contributed by atoms with Crippen molar-refractivity contribution < 1.29 is 14.7 Å². The molecule has 0 aliphatic carbocycles. The smallest absolute Gasteiger partial charge is 0.308 e. The number of rotatable bonds is 6. The summed E-state index contributed by atoms with van der Waals surface area (Å²) in [5, 5.41) is 11.8. The van der Waals surface area contributed by atoms with Crippen LogP contribution < -0.4 is 5.32 Å². The molecule has 2 rings (SSSR count). The molecule has 0 radical (unpaired) electrons. The van der Waals surface area contributed by atoms with Gasteiger partial charge in [-0.25, -0.2) is 0 Å². The Kier molecular flexibility index (Phi) is 4.93. The molecule has 5 nitrogen and oxygen atoms in total. The van der Waals surface area contributed by atoms with Gasteiger partial charge >= 0.3 is 5.97 Å². The Labute approximate surface area is 116 Å². The van der Waals surface area contributed by atoms with E-state index in [4.69, 9.17) is 5.11 Å². The van der Waals surface area contributed by atoms with Crippen LogP contribution in [0.4, 0.5) is 0 Å². The van der Waals surface area contributed by atoms with Gasteiger partial charge in [0.25, 0.3) is 0 Å². The second-order valence-electron chi connectivity index (χ2n) is 4.63. The summed E-state index contributed by atoms with van der Waals surface area (Å²) < 4.78 is 0. The van der Waals surface area contributed by atoms with Gasteiger partial charge in [0.2, 0.25) is 5.91 Å². The fraction of sp³-hybridized carbons (Fsp3) is 0.538. The highest BCUT2D eigenvalue weighted by molar-refractivity contribution is 7.12. The number of hydrogen-bond acceptors (Lipinski definition) is 4. The highest BCUT2D eigenvalue weighted by Crippen LogP contribution is 2.16. The number of hydrogen-bond donors (Lipinski definition) is 2. The van der Waals surface area contributed by atoms with Crippen LogP contribution >= 0.6 is 11.3 Å². The van der Waals surface area contributed by atoms with Crippen molar-refractivity contribution in [2.24, 2.45) is 0 Å². The molecule has 1 aromatic heterocycles. The molecule has 0 atom stereocenters. The van der Waals surface area contributed by atoms with Gasteiger partial charge in [-0.15, -0.1) is 11.3 Å². The summed E-state index contributed by atoms with van der Waals surface area (Å²) in [4.78, 5) is 26.1. The molecule has 6 heteroatoms. The largest absolute Gasteiger partial charge is 0.481 e. The Balaban J connectivity index is 1.71. The van der Waals surface area contributed by atoms with Crippen LogP contribution in [0.2, 0.25) is 0 Å². The van der Waals surface area contributed by atoms with Crippen molar-refractivity contribution in [2.45, 2.75) is 25.8 Å². The van der Waals surface area contributed by atoms with Crippen LogP contribution in [0.1, 0.15) is 22.6 Å². The average molecular weight is 282 g/mol. The first-order valence-electron chi connectivity index (χ1n) is 6.43. The Morgan fingerprint density at radius 2 is 1.95 bits per heavy atom. The summed E-state index contributed by atoms with van der Waals surface area (Å²) in [6, 6.07) is 3.74. The molecule has 19 heavy (non-hydrogen) atoms. The fourth-order valence-corrected chi connectivity index (χ4v) is 3.11. The normalized spacial score (nSPS) is 14.8. The van der Waals surface area contributed by atoms with E-state index in [1.165, 1.54) is 11.3 Å². The molecular formula is C13H18N2O3S. The minimum atomic E-state index is -0.814. The maximum Gasteiger partial charge on any atom is 0.308 e. The third-order valence-electron chi connectivity index (χ3n) is 3.08. The molecular weight excluding hydrogens is 264 g/mol. The molecule has 2 heterocycles. The molecule has 1 amide bonds. The maximum atomic E-state index is 11.8. The lowest BCUT2D eigenvalue weighted by Crippen LogP contribution is -2.35. The summed E-state index contributed by atoms with van der Waals surface area (Å²) >= 11 is 1.48. The first-order valence-corrected chi connectivity index (χ1v) is 7.24. The Hall–Kier alpha value is -1.40. The molecule has 0 aromatic carbocycles. The molecule has 1 saturated heterocycles. The topological polar surface area (TPSA) is 69.6 Å². The zero-order valence-corrected chi connectivity index (χ0v) is 11.5. The van der Waals surface area contributed by atoms with E-state index in [0.717, 1.165) is 35.7 Å². The summed E-state index contributed by atoms with van der Waals surface area (Å²) in [7, 11) is 0. The first kappa shape index (κ1) is 14.0. The van der Waals surface area contributed by atoms with Gasteiger partial charge in [0.15, 0.2) is 0 Å². The van der Waals surface area contributed by atoms with Gasteiger partial charge in [-0.3, -0.25) is 9.59 Å². The molecule has 0 spiro atoms. The van der Waals surface area contributed by atoms with Gasteiger partial charge < -0.3 is 15.3 Å². The molecule has 0 saturated carbocycles. The second-order valence-corrected chi connectivity index (χ2v) is 5.88. The number of carbonyl (C=O) groups excluding carboxylic acids is 1. The molecule has 0 unspecified atom stereocenters. The highest BCUT2D eigenvalue weighted by Gasteiger charge is 2.17. The second kappa shape index (κ2) is 6.68. The summed E-state index contributed by atoms with van der Waals surface area (Å²) in [5.41, 5.74) is 0. The van der Waals surface area contributed by atoms with E-state index < -0.39 is 5.97 Å². The van der Waals surface area contributed by atoms with Gasteiger partial charge in [0.1, 0.15) is 0 Å².